The summed E-state index contributed by atoms with van der Waals surface area (Å²) in [5.41, 5.74) is 10.3. The molecule has 0 unspecified atom stereocenters. The predicted octanol–water partition coefficient (Wildman–Crippen LogP) is 4.75. The fraction of sp³-hybridized carbons (Fsp3) is 0.0833. The first-order valence-corrected chi connectivity index (χ1v) is 10.0. The third kappa shape index (κ3) is 4.53. The van der Waals surface area contributed by atoms with Crippen LogP contribution in [0, 0.1) is 0 Å². The molecule has 0 aliphatic rings. The van der Waals surface area contributed by atoms with Gasteiger partial charge < -0.3 is 11.1 Å². The second kappa shape index (κ2) is 8.84. The van der Waals surface area contributed by atoms with Gasteiger partial charge in [0.25, 0.3) is 5.91 Å². The van der Waals surface area contributed by atoms with Crippen LogP contribution < -0.4 is 11.1 Å². The van der Waals surface area contributed by atoms with Gasteiger partial charge in [-0.2, -0.15) is 5.10 Å². The van der Waals surface area contributed by atoms with Crippen molar-refractivity contribution in [3.8, 4) is 16.9 Å². The summed E-state index contributed by atoms with van der Waals surface area (Å²) in [6.45, 7) is 0.583. The van der Waals surface area contributed by atoms with E-state index in [2.05, 4.69) is 10.4 Å². The molecule has 1 aromatic heterocycles. The van der Waals surface area contributed by atoms with Crippen molar-refractivity contribution >= 4 is 23.3 Å². The van der Waals surface area contributed by atoms with E-state index in [9.17, 15) is 4.79 Å². The van der Waals surface area contributed by atoms with Crippen LogP contribution >= 0.6 is 11.6 Å². The molecule has 4 rings (SSSR count). The lowest BCUT2D eigenvalue weighted by Crippen LogP contribution is -2.25. The maximum absolute atomic E-state index is 12.4. The van der Waals surface area contributed by atoms with E-state index in [1.807, 2.05) is 66.7 Å². The van der Waals surface area contributed by atoms with E-state index < -0.39 is 0 Å². The summed E-state index contributed by atoms with van der Waals surface area (Å²) in [6.07, 6.45) is 0.792. The minimum atomic E-state index is -0.106. The van der Waals surface area contributed by atoms with E-state index in [1.165, 1.54) is 5.56 Å². The molecule has 0 saturated heterocycles. The van der Waals surface area contributed by atoms with Crippen LogP contribution in [0.15, 0.2) is 84.9 Å². The van der Waals surface area contributed by atoms with Crippen LogP contribution in [0.3, 0.4) is 0 Å². The Morgan fingerprint density at radius 1 is 0.967 bits per heavy atom. The number of hydrogen-bond donors (Lipinski definition) is 2. The monoisotopic (exact) mass is 416 g/mol. The Morgan fingerprint density at radius 3 is 2.47 bits per heavy atom. The third-order valence-corrected chi connectivity index (χ3v) is 5.01. The Bertz CT molecular complexity index is 1150. The van der Waals surface area contributed by atoms with Gasteiger partial charge in [-0.1, -0.05) is 54.1 Å². The summed E-state index contributed by atoms with van der Waals surface area (Å²) >= 11 is 6.07. The lowest BCUT2D eigenvalue weighted by Gasteiger charge is -2.07. The van der Waals surface area contributed by atoms with Gasteiger partial charge in [-0.25, -0.2) is 4.68 Å². The molecule has 4 aromatic rings. The van der Waals surface area contributed by atoms with E-state index in [-0.39, 0.29) is 5.91 Å². The quantitative estimate of drug-likeness (QED) is 0.476. The zero-order valence-electron chi connectivity index (χ0n) is 16.3. The smallest absolute Gasteiger partial charge is 0.251 e. The standard InChI is InChI=1S/C24H21ClN4O/c25-20-8-4-7-19(15-20)22-16-23(26)29(28-22)21-11-9-18(10-12-21)24(30)27-14-13-17-5-2-1-3-6-17/h1-12,15-16H,13-14,26H2,(H,27,30). The topological polar surface area (TPSA) is 72.9 Å². The summed E-state index contributed by atoms with van der Waals surface area (Å²) in [6, 6.07) is 26.5. The molecule has 0 fully saturated rings. The van der Waals surface area contributed by atoms with Gasteiger partial charge >= 0.3 is 0 Å². The SMILES string of the molecule is Nc1cc(-c2cccc(Cl)c2)nn1-c1ccc(C(=O)NCCc2ccccc2)cc1. The molecule has 0 radical (unpaired) electrons. The molecule has 0 aliphatic carbocycles. The van der Waals surface area contributed by atoms with Gasteiger partial charge in [0.1, 0.15) is 5.82 Å². The molecule has 3 N–H and O–H groups in total. The van der Waals surface area contributed by atoms with Crippen LogP contribution in [0.5, 0.6) is 0 Å². The normalized spacial score (nSPS) is 10.7. The first kappa shape index (κ1) is 19.7. The zero-order valence-corrected chi connectivity index (χ0v) is 17.0. The average molecular weight is 417 g/mol. The number of nitrogen functional groups attached to an aromatic ring is 1. The molecule has 6 heteroatoms. The molecule has 3 aromatic carbocycles. The Kier molecular flexibility index (Phi) is 5.82. The number of hydrogen-bond acceptors (Lipinski definition) is 3. The lowest BCUT2D eigenvalue weighted by atomic mass is 10.1. The van der Waals surface area contributed by atoms with Crippen molar-refractivity contribution in [3.05, 3.63) is 101 Å². The van der Waals surface area contributed by atoms with Gasteiger partial charge in [-0.3, -0.25) is 4.79 Å². The average Bonchev–Trinajstić information content (AvgIpc) is 3.16. The molecule has 30 heavy (non-hydrogen) atoms. The van der Waals surface area contributed by atoms with Crippen LogP contribution in [-0.2, 0) is 6.42 Å². The highest BCUT2D eigenvalue weighted by molar-refractivity contribution is 6.30. The molecule has 1 amide bonds. The minimum absolute atomic E-state index is 0.106. The second-order valence-electron chi connectivity index (χ2n) is 6.91. The first-order chi connectivity index (χ1) is 14.6. The second-order valence-corrected chi connectivity index (χ2v) is 7.35. The molecule has 0 saturated carbocycles. The van der Waals surface area contributed by atoms with E-state index in [1.54, 1.807) is 22.9 Å². The number of anilines is 1. The zero-order chi connectivity index (χ0) is 20.9. The number of carbonyl (C=O) groups excluding carboxylic acids is 1. The van der Waals surface area contributed by atoms with Crippen molar-refractivity contribution in [3.63, 3.8) is 0 Å². The Balaban J connectivity index is 1.44. The Labute approximate surface area is 180 Å². The molecule has 0 spiro atoms. The van der Waals surface area contributed by atoms with Crippen molar-refractivity contribution in [1.29, 1.82) is 0 Å². The molecular formula is C24H21ClN4O. The highest BCUT2D eigenvalue weighted by Crippen LogP contribution is 2.25. The van der Waals surface area contributed by atoms with E-state index in [0.717, 1.165) is 23.4 Å². The molecule has 0 aliphatic heterocycles. The van der Waals surface area contributed by atoms with Crippen molar-refractivity contribution in [2.45, 2.75) is 6.42 Å². The summed E-state index contributed by atoms with van der Waals surface area (Å²) in [5, 5.41) is 8.17. The summed E-state index contributed by atoms with van der Waals surface area (Å²) in [4.78, 5) is 12.4. The number of carbonyl (C=O) groups is 1. The van der Waals surface area contributed by atoms with Gasteiger partial charge in [-0.05, 0) is 48.4 Å². The predicted molar refractivity (Wildman–Crippen MR) is 121 cm³/mol. The lowest BCUT2D eigenvalue weighted by molar-refractivity contribution is 0.0954. The number of nitrogens with one attached hydrogen (secondary N) is 1. The molecule has 0 atom stereocenters. The van der Waals surface area contributed by atoms with Crippen molar-refractivity contribution < 1.29 is 4.79 Å². The molecule has 0 bridgehead atoms. The highest BCUT2D eigenvalue weighted by Gasteiger charge is 2.11. The van der Waals surface area contributed by atoms with Gasteiger partial charge in [0.05, 0.1) is 11.4 Å². The summed E-state index contributed by atoms with van der Waals surface area (Å²) in [5.74, 6) is 0.399. The van der Waals surface area contributed by atoms with E-state index in [0.29, 0.717) is 22.9 Å². The van der Waals surface area contributed by atoms with Gasteiger partial charge in [-0.15, -0.1) is 0 Å². The number of halogens is 1. The fourth-order valence-electron chi connectivity index (χ4n) is 3.21. The Morgan fingerprint density at radius 2 is 1.73 bits per heavy atom. The van der Waals surface area contributed by atoms with E-state index in [4.69, 9.17) is 17.3 Å². The number of nitrogens with zero attached hydrogens (tertiary/aromatic N) is 2. The van der Waals surface area contributed by atoms with Crippen LogP contribution in [0.2, 0.25) is 5.02 Å². The van der Waals surface area contributed by atoms with Crippen LogP contribution in [0.25, 0.3) is 16.9 Å². The molecule has 1 heterocycles. The highest BCUT2D eigenvalue weighted by atomic mass is 35.5. The first-order valence-electron chi connectivity index (χ1n) is 9.64. The number of benzene rings is 3. The van der Waals surface area contributed by atoms with Gasteiger partial charge in [0, 0.05) is 28.8 Å². The maximum atomic E-state index is 12.4. The molecule has 5 nitrogen and oxygen atoms in total. The van der Waals surface area contributed by atoms with Crippen molar-refractivity contribution in [2.75, 3.05) is 12.3 Å². The maximum Gasteiger partial charge on any atom is 0.251 e. The Hall–Kier alpha value is -3.57. The van der Waals surface area contributed by atoms with Crippen LogP contribution in [0.1, 0.15) is 15.9 Å². The number of nitrogens with two attached hydrogens (primary N) is 1. The minimum Gasteiger partial charge on any atom is -0.384 e. The van der Waals surface area contributed by atoms with Crippen molar-refractivity contribution in [1.82, 2.24) is 15.1 Å². The number of aromatic nitrogens is 2. The van der Waals surface area contributed by atoms with E-state index >= 15 is 0 Å². The van der Waals surface area contributed by atoms with Gasteiger partial charge in [0.2, 0.25) is 0 Å². The van der Waals surface area contributed by atoms with Crippen molar-refractivity contribution in [2.24, 2.45) is 0 Å². The number of amides is 1. The third-order valence-electron chi connectivity index (χ3n) is 4.77. The summed E-state index contributed by atoms with van der Waals surface area (Å²) < 4.78 is 1.65. The molecular weight excluding hydrogens is 396 g/mol. The van der Waals surface area contributed by atoms with Crippen LogP contribution in [-0.4, -0.2) is 22.2 Å². The molecule has 150 valence electrons. The summed E-state index contributed by atoms with van der Waals surface area (Å²) in [7, 11) is 0. The number of rotatable bonds is 6. The largest absolute Gasteiger partial charge is 0.384 e. The van der Waals surface area contributed by atoms with Gasteiger partial charge in [0.15, 0.2) is 0 Å². The van der Waals surface area contributed by atoms with Crippen LogP contribution in [0.4, 0.5) is 5.82 Å². The fourth-order valence-corrected chi connectivity index (χ4v) is 3.40.